The second-order valence-corrected chi connectivity index (χ2v) is 4.19. The van der Waals surface area contributed by atoms with Gasteiger partial charge in [0.2, 0.25) is 5.91 Å². The van der Waals surface area contributed by atoms with Crippen molar-refractivity contribution in [3.05, 3.63) is 12.3 Å². The Morgan fingerprint density at radius 2 is 2.33 bits per heavy atom. The highest BCUT2D eigenvalue weighted by molar-refractivity contribution is 5.84. The Morgan fingerprint density at radius 1 is 1.61 bits per heavy atom. The van der Waals surface area contributed by atoms with Gasteiger partial charge < -0.3 is 10.6 Å². The van der Waals surface area contributed by atoms with Crippen molar-refractivity contribution in [2.45, 2.75) is 31.6 Å². The second-order valence-electron chi connectivity index (χ2n) is 4.19. The van der Waals surface area contributed by atoms with Crippen LogP contribution in [0.2, 0.25) is 0 Å². The van der Waals surface area contributed by atoms with Crippen molar-refractivity contribution in [2.75, 3.05) is 11.4 Å². The maximum absolute atomic E-state index is 13.3. The lowest BCUT2D eigenvalue weighted by Crippen LogP contribution is -2.40. The van der Waals surface area contributed by atoms with Gasteiger partial charge in [0.15, 0.2) is 5.82 Å². The number of anilines is 1. The fourth-order valence-corrected chi connectivity index (χ4v) is 2.05. The van der Waals surface area contributed by atoms with Gasteiger partial charge in [0.05, 0.1) is 6.54 Å². The van der Waals surface area contributed by atoms with Crippen molar-refractivity contribution in [3.63, 3.8) is 0 Å². The molecule has 2 N–H and O–H groups in total. The van der Waals surface area contributed by atoms with Gasteiger partial charge in [0.25, 0.3) is 6.43 Å². The first kappa shape index (κ1) is 12.7. The van der Waals surface area contributed by atoms with Gasteiger partial charge in [-0.15, -0.1) is 0 Å². The van der Waals surface area contributed by atoms with E-state index in [0.29, 0.717) is 5.82 Å². The van der Waals surface area contributed by atoms with E-state index in [-0.39, 0.29) is 13.0 Å². The minimum atomic E-state index is -2.52. The number of rotatable bonds is 4. The summed E-state index contributed by atoms with van der Waals surface area (Å²) in [5.41, 5.74) is 5.17. The number of hydrogen-bond donors (Lipinski definition) is 1. The van der Waals surface area contributed by atoms with Crippen molar-refractivity contribution in [1.29, 1.82) is 0 Å². The number of hydrogen-bond acceptors (Lipinski definition) is 3. The third-order valence-corrected chi connectivity index (χ3v) is 2.82. The molecule has 0 radical (unpaired) electrons. The summed E-state index contributed by atoms with van der Waals surface area (Å²) in [5.74, 6) is -0.349. The SMILES string of the molecule is NC(=O)C1CC(F)CN1c1ccn(CC(F)F)n1. The minimum Gasteiger partial charge on any atom is -0.368 e. The van der Waals surface area contributed by atoms with E-state index in [1.807, 2.05) is 0 Å². The number of halogens is 3. The van der Waals surface area contributed by atoms with Gasteiger partial charge >= 0.3 is 0 Å². The van der Waals surface area contributed by atoms with Crippen LogP contribution in [-0.4, -0.2) is 40.9 Å². The summed E-state index contributed by atoms with van der Waals surface area (Å²) in [6, 6.07) is 0.700. The first-order valence-electron chi connectivity index (χ1n) is 5.49. The van der Waals surface area contributed by atoms with Crippen LogP contribution in [0.1, 0.15) is 6.42 Å². The fraction of sp³-hybridized carbons (Fsp3) is 0.600. The summed E-state index contributed by atoms with van der Waals surface area (Å²) in [7, 11) is 0. The highest BCUT2D eigenvalue weighted by Gasteiger charge is 2.36. The van der Waals surface area contributed by atoms with Crippen LogP contribution in [0.3, 0.4) is 0 Å². The summed E-state index contributed by atoms with van der Waals surface area (Å²) in [6.07, 6.45) is -2.30. The molecule has 1 saturated heterocycles. The molecule has 2 unspecified atom stereocenters. The fourth-order valence-electron chi connectivity index (χ4n) is 2.05. The highest BCUT2D eigenvalue weighted by Crippen LogP contribution is 2.25. The number of amides is 1. The van der Waals surface area contributed by atoms with Crippen LogP contribution in [0.25, 0.3) is 0 Å². The molecule has 5 nitrogen and oxygen atoms in total. The number of aromatic nitrogens is 2. The standard InChI is InChI=1S/C10H13F3N4O/c11-6-3-7(10(14)18)17(4-6)9-1-2-16(15-9)5-8(12)13/h1-2,6-8H,3-5H2,(H2,14,18). The summed E-state index contributed by atoms with van der Waals surface area (Å²) in [5, 5.41) is 3.89. The largest absolute Gasteiger partial charge is 0.368 e. The van der Waals surface area contributed by atoms with Crippen LogP contribution < -0.4 is 10.6 Å². The predicted molar refractivity (Wildman–Crippen MR) is 58.1 cm³/mol. The molecule has 2 atom stereocenters. The quantitative estimate of drug-likeness (QED) is 0.861. The van der Waals surface area contributed by atoms with E-state index >= 15 is 0 Å². The molecular formula is C10H13F3N4O. The molecule has 1 aromatic rings. The molecule has 0 bridgehead atoms. The topological polar surface area (TPSA) is 64.2 Å². The minimum absolute atomic E-state index is 0.000696. The van der Waals surface area contributed by atoms with Crippen LogP contribution in [0.15, 0.2) is 12.3 Å². The van der Waals surface area contributed by atoms with Gasteiger partial charge in [-0.2, -0.15) is 5.10 Å². The Balaban J connectivity index is 2.14. The zero-order valence-electron chi connectivity index (χ0n) is 9.47. The average Bonchev–Trinajstić information content (AvgIpc) is 2.83. The van der Waals surface area contributed by atoms with E-state index in [4.69, 9.17) is 5.73 Å². The number of primary amides is 1. The molecule has 1 aliphatic heterocycles. The van der Waals surface area contributed by atoms with E-state index in [0.717, 1.165) is 4.68 Å². The molecule has 1 fully saturated rings. The number of alkyl halides is 3. The van der Waals surface area contributed by atoms with Crippen molar-refractivity contribution >= 4 is 11.7 Å². The molecule has 0 spiro atoms. The number of nitrogens with two attached hydrogens (primary N) is 1. The van der Waals surface area contributed by atoms with Crippen molar-refractivity contribution in [1.82, 2.24) is 9.78 Å². The number of nitrogens with zero attached hydrogens (tertiary/aromatic N) is 3. The van der Waals surface area contributed by atoms with Gasteiger partial charge in [0.1, 0.15) is 18.8 Å². The zero-order valence-corrected chi connectivity index (χ0v) is 9.47. The monoisotopic (exact) mass is 262 g/mol. The normalized spacial score (nSPS) is 23.9. The van der Waals surface area contributed by atoms with E-state index < -0.39 is 31.1 Å². The van der Waals surface area contributed by atoms with Gasteiger partial charge in [-0.25, -0.2) is 13.2 Å². The molecule has 1 aliphatic rings. The van der Waals surface area contributed by atoms with Crippen LogP contribution in [0.5, 0.6) is 0 Å². The highest BCUT2D eigenvalue weighted by atomic mass is 19.3. The maximum atomic E-state index is 13.3. The first-order valence-corrected chi connectivity index (χ1v) is 5.49. The molecule has 0 saturated carbocycles. The number of carbonyl (C=O) groups is 1. The van der Waals surface area contributed by atoms with Gasteiger partial charge in [-0.05, 0) is 0 Å². The Bertz CT molecular complexity index is 437. The first-order chi connectivity index (χ1) is 8.47. The van der Waals surface area contributed by atoms with Crippen LogP contribution in [0, 0.1) is 0 Å². The van der Waals surface area contributed by atoms with Crippen molar-refractivity contribution in [3.8, 4) is 0 Å². The maximum Gasteiger partial charge on any atom is 0.257 e. The van der Waals surface area contributed by atoms with Crippen LogP contribution >= 0.6 is 0 Å². The van der Waals surface area contributed by atoms with Gasteiger partial charge in [-0.1, -0.05) is 0 Å². The number of carbonyl (C=O) groups excluding carboxylic acids is 1. The molecule has 2 heterocycles. The summed E-state index contributed by atoms with van der Waals surface area (Å²) in [6.45, 7) is -0.534. The van der Waals surface area contributed by atoms with Crippen molar-refractivity contribution < 1.29 is 18.0 Å². The van der Waals surface area contributed by atoms with E-state index in [9.17, 15) is 18.0 Å². The molecule has 18 heavy (non-hydrogen) atoms. The lowest BCUT2D eigenvalue weighted by Gasteiger charge is -2.20. The summed E-state index contributed by atoms with van der Waals surface area (Å²) in [4.78, 5) is 12.6. The molecule has 0 aromatic carbocycles. The Morgan fingerprint density at radius 3 is 2.94 bits per heavy atom. The lowest BCUT2D eigenvalue weighted by molar-refractivity contribution is -0.119. The smallest absolute Gasteiger partial charge is 0.257 e. The van der Waals surface area contributed by atoms with Crippen LogP contribution in [0.4, 0.5) is 19.0 Å². The van der Waals surface area contributed by atoms with Gasteiger partial charge in [-0.3, -0.25) is 9.48 Å². The Hall–Kier alpha value is -1.73. The van der Waals surface area contributed by atoms with Gasteiger partial charge in [0, 0.05) is 18.7 Å². The van der Waals surface area contributed by atoms with E-state index in [1.165, 1.54) is 17.2 Å². The summed E-state index contributed by atoms with van der Waals surface area (Å²) >= 11 is 0. The molecule has 1 amide bonds. The Labute approximate surface area is 101 Å². The molecule has 8 heteroatoms. The second kappa shape index (κ2) is 4.87. The molecular weight excluding hydrogens is 249 g/mol. The molecule has 2 rings (SSSR count). The molecule has 0 aliphatic carbocycles. The third-order valence-electron chi connectivity index (χ3n) is 2.82. The molecule has 100 valence electrons. The lowest BCUT2D eigenvalue weighted by atomic mass is 10.2. The third kappa shape index (κ3) is 2.57. The predicted octanol–water partition coefficient (Wildman–Crippen LogP) is 0.550. The zero-order chi connectivity index (χ0) is 13.3. The van der Waals surface area contributed by atoms with E-state index in [1.54, 1.807) is 0 Å². The molecule has 1 aromatic heterocycles. The van der Waals surface area contributed by atoms with E-state index in [2.05, 4.69) is 5.10 Å². The van der Waals surface area contributed by atoms with Crippen LogP contribution in [-0.2, 0) is 11.3 Å². The van der Waals surface area contributed by atoms with Crippen molar-refractivity contribution in [2.24, 2.45) is 5.73 Å². The Kier molecular flexibility index (Phi) is 3.44. The average molecular weight is 262 g/mol. The summed E-state index contributed by atoms with van der Waals surface area (Å²) < 4.78 is 38.7.